The van der Waals surface area contributed by atoms with Crippen molar-refractivity contribution in [3.05, 3.63) is 122 Å². The highest BCUT2D eigenvalue weighted by Crippen LogP contribution is 2.35. The zero-order valence-electron chi connectivity index (χ0n) is 21.6. The molecule has 0 saturated carbocycles. The first-order valence-electron chi connectivity index (χ1n) is 12.2. The number of aryl methyl sites for hydroxylation is 1. The molecule has 196 valence electrons. The number of benzene rings is 4. The van der Waals surface area contributed by atoms with Gasteiger partial charge in [-0.2, -0.15) is 5.26 Å². The van der Waals surface area contributed by atoms with Crippen LogP contribution in [0, 0.1) is 21.8 Å². The van der Waals surface area contributed by atoms with E-state index in [4.69, 9.17) is 14.2 Å². The van der Waals surface area contributed by atoms with Crippen LogP contribution in [0.1, 0.15) is 22.3 Å². The molecule has 39 heavy (non-hydrogen) atoms. The molecule has 1 amide bonds. The highest BCUT2D eigenvalue weighted by Gasteiger charge is 2.14. The lowest BCUT2D eigenvalue weighted by molar-refractivity contribution is -0.112. The van der Waals surface area contributed by atoms with Gasteiger partial charge in [-0.3, -0.25) is 4.79 Å². The maximum atomic E-state index is 12.8. The summed E-state index contributed by atoms with van der Waals surface area (Å²) in [6.07, 6.45) is 1.53. The summed E-state index contributed by atoms with van der Waals surface area (Å²) in [7, 11) is 1.56. The van der Waals surface area contributed by atoms with Gasteiger partial charge >= 0.3 is 0 Å². The fourth-order valence-corrected chi connectivity index (χ4v) is 4.47. The van der Waals surface area contributed by atoms with E-state index in [1.165, 1.54) is 11.6 Å². The molecule has 0 aromatic heterocycles. The number of carbonyl (C=O) groups is 1. The molecule has 7 heteroatoms. The molecule has 0 spiro atoms. The monoisotopic (exact) mass is 630 g/mol. The Morgan fingerprint density at radius 3 is 2.26 bits per heavy atom. The van der Waals surface area contributed by atoms with Gasteiger partial charge in [0, 0.05) is 5.69 Å². The molecule has 4 rings (SSSR count). The molecule has 0 radical (unpaired) electrons. The van der Waals surface area contributed by atoms with Crippen LogP contribution >= 0.6 is 22.6 Å². The molecule has 4 aromatic carbocycles. The fraction of sp³-hybridized carbons (Fsp3) is 0.125. The predicted octanol–water partition coefficient (Wildman–Crippen LogP) is 7.31. The molecule has 6 nitrogen and oxygen atoms in total. The average Bonchev–Trinajstić information content (AvgIpc) is 2.96. The number of hydrogen-bond acceptors (Lipinski definition) is 5. The van der Waals surface area contributed by atoms with Crippen LogP contribution in [0.25, 0.3) is 6.08 Å². The minimum atomic E-state index is -0.510. The summed E-state index contributed by atoms with van der Waals surface area (Å²) in [5.74, 6) is 1.29. The van der Waals surface area contributed by atoms with Gasteiger partial charge in [0.1, 0.15) is 30.6 Å². The highest BCUT2D eigenvalue weighted by molar-refractivity contribution is 14.1. The summed E-state index contributed by atoms with van der Waals surface area (Å²) in [6.45, 7) is 2.88. The summed E-state index contributed by atoms with van der Waals surface area (Å²) in [5, 5.41) is 12.4. The largest absolute Gasteiger partial charge is 0.493 e. The van der Waals surface area contributed by atoms with Gasteiger partial charge in [-0.25, -0.2) is 0 Å². The molecular formula is C32H27IN2O4. The maximum absolute atomic E-state index is 12.8. The van der Waals surface area contributed by atoms with Gasteiger partial charge in [-0.15, -0.1) is 0 Å². The molecule has 0 fully saturated rings. The van der Waals surface area contributed by atoms with E-state index in [2.05, 4.69) is 27.9 Å². The van der Waals surface area contributed by atoms with Gasteiger partial charge in [0.05, 0.1) is 10.7 Å². The minimum absolute atomic E-state index is 0.0365. The number of nitrogens with one attached hydrogen (secondary N) is 1. The number of carbonyl (C=O) groups excluding carboxylic acids is 1. The first-order chi connectivity index (χ1) is 18.9. The minimum Gasteiger partial charge on any atom is -0.493 e. The van der Waals surface area contributed by atoms with Crippen molar-refractivity contribution in [3.8, 4) is 23.3 Å². The van der Waals surface area contributed by atoms with Crippen molar-refractivity contribution in [1.29, 1.82) is 5.26 Å². The summed E-state index contributed by atoms with van der Waals surface area (Å²) >= 11 is 2.16. The molecule has 0 aliphatic carbocycles. The number of nitriles is 1. The highest BCUT2D eigenvalue weighted by atomic mass is 127. The number of methoxy groups -OCH3 is 1. The third-order valence-corrected chi connectivity index (χ3v) is 6.59. The molecule has 1 N–H and O–H groups in total. The Labute approximate surface area is 242 Å². The van der Waals surface area contributed by atoms with Crippen molar-refractivity contribution < 1.29 is 19.0 Å². The van der Waals surface area contributed by atoms with Crippen molar-refractivity contribution in [2.75, 3.05) is 12.4 Å². The summed E-state index contributed by atoms with van der Waals surface area (Å²) in [6, 6.07) is 30.6. The smallest absolute Gasteiger partial charge is 0.266 e. The van der Waals surface area contributed by atoms with Crippen molar-refractivity contribution >= 4 is 40.3 Å². The maximum Gasteiger partial charge on any atom is 0.266 e. The van der Waals surface area contributed by atoms with Crippen molar-refractivity contribution in [2.45, 2.75) is 20.1 Å². The van der Waals surface area contributed by atoms with Crippen LogP contribution in [0.15, 0.2) is 96.6 Å². The van der Waals surface area contributed by atoms with E-state index in [1.54, 1.807) is 37.4 Å². The topological polar surface area (TPSA) is 80.6 Å². The standard InChI is InChI=1S/C32H27IN2O4/c1-22-8-10-24(11-9-22)21-39-31-29(33)17-25(18-30(31)37-2)16-26(19-34)32(36)35-27-12-14-28(15-13-27)38-20-23-6-4-3-5-7-23/h3-18H,20-21H2,1-2H3,(H,35,36)/b26-16+. The van der Waals surface area contributed by atoms with E-state index in [9.17, 15) is 10.1 Å². The van der Waals surface area contributed by atoms with Gasteiger partial charge in [0.25, 0.3) is 5.91 Å². The van der Waals surface area contributed by atoms with E-state index in [1.807, 2.05) is 73.7 Å². The molecule has 0 saturated heterocycles. The van der Waals surface area contributed by atoms with Gasteiger partial charge in [-0.05, 0) is 88.7 Å². The van der Waals surface area contributed by atoms with Gasteiger partial charge < -0.3 is 19.5 Å². The number of nitrogens with zero attached hydrogens (tertiary/aromatic N) is 1. The third kappa shape index (κ3) is 7.85. The summed E-state index contributed by atoms with van der Waals surface area (Å²) in [4.78, 5) is 12.8. The second kappa shape index (κ2) is 13.5. The van der Waals surface area contributed by atoms with E-state index in [-0.39, 0.29) is 5.57 Å². The zero-order valence-corrected chi connectivity index (χ0v) is 23.8. The lowest BCUT2D eigenvalue weighted by Crippen LogP contribution is -2.13. The first kappa shape index (κ1) is 27.7. The second-order valence-electron chi connectivity index (χ2n) is 8.73. The second-order valence-corrected chi connectivity index (χ2v) is 9.89. The lowest BCUT2D eigenvalue weighted by Gasteiger charge is -2.14. The number of halogens is 1. The van der Waals surface area contributed by atoms with Crippen LogP contribution in [-0.4, -0.2) is 13.0 Å². The van der Waals surface area contributed by atoms with Crippen LogP contribution in [0.2, 0.25) is 0 Å². The predicted molar refractivity (Wildman–Crippen MR) is 161 cm³/mol. The fourth-order valence-electron chi connectivity index (χ4n) is 3.69. The van der Waals surface area contributed by atoms with Crippen LogP contribution in [0.4, 0.5) is 5.69 Å². The van der Waals surface area contributed by atoms with Crippen LogP contribution in [0.5, 0.6) is 17.2 Å². The molecule has 0 aliphatic heterocycles. The lowest BCUT2D eigenvalue weighted by atomic mass is 10.1. The quantitative estimate of drug-likeness (QED) is 0.113. The van der Waals surface area contributed by atoms with Crippen molar-refractivity contribution in [2.24, 2.45) is 0 Å². The molecule has 0 atom stereocenters. The number of hydrogen-bond donors (Lipinski definition) is 1. The number of ether oxygens (including phenoxy) is 3. The Balaban J connectivity index is 1.42. The van der Waals surface area contributed by atoms with E-state index < -0.39 is 5.91 Å². The van der Waals surface area contributed by atoms with E-state index in [0.717, 1.165) is 14.7 Å². The first-order valence-corrected chi connectivity index (χ1v) is 13.3. The molecule has 0 bridgehead atoms. The Hall–Kier alpha value is -4.29. The molecule has 0 heterocycles. The number of rotatable bonds is 10. The number of amides is 1. The summed E-state index contributed by atoms with van der Waals surface area (Å²) in [5.41, 5.74) is 4.46. The van der Waals surface area contributed by atoms with Gasteiger partial charge in [-0.1, -0.05) is 60.2 Å². The molecule has 0 aliphatic rings. The Bertz CT molecular complexity index is 1490. The Morgan fingerprint density at radius 1 is 0.923 bits per heavy atom. The van der Waals surface area contributed by atoms with Crippen LogP contribution in [0.3, 0.4) is 0 Å². The van der Waals surface area contributed by atoms with Gasteiger partial charge in [0.2, 0.25) is 0 Å². The van der Waals surface area contributed by atoms with Crippen molar-refractivity contribution in [3.63, 3.8) is 0 Å². The summed E-state index contributed by atoms with van der Waals surface area (Å²) < 4.78 is 18.2. The third-order valence-electron chi connectivity index (χ3n) is 5.79. The Kier molecular flexibility index (Phi) is 9.59. The van der Waals surface area contributed by atoms with Crippen LogP contribution < -0.4 is 19.5 Å². The number of anilines is 1. The Morgan fingerprint density at radius 2 is 1.59 bits per heavy atom. The molecule has 4 aromatic rings. The SMILES string of the molecule is COc1cc(/C=C(\C#N)C(=O)Nc2ccc(OCc3ccccc3)cc2)cc(I)c1OCc1ccc(C)cc1. The van der Waals surface area contributed by atoms with Crippen LogP contribution in [-0.2, 0) is 18.0 Å². The van der Waals surface area contributed by atoms with Crippen molar-refractivity contribution in [1.82, 2.24) is 0 Å². The normalized spacial score (nSPS) is 10.9. The van der Waals surface area contributed by atoms with E-state index >= 15 is 0 Å². The van der Waals surface area contributed by atoms with Gasteiger partial charge in [0.15, 0.2) is 11.5 Å². The molecular weight excluding hydrogens is 603 g/mol. The molecule has 0 unspecified atom stereocenters. The zero-order chi connectivity index (χ0) is 27.6. The van der Waals surface area contributed by atoms with E-state index in [0.29, 0.717) is 41.7 Å². The average molecular weight is 630 g/mol.